The van der Waals surface area contributed by atoms with Crippen molar-refractivity contribution >= 4 is 16.5 Å². The molecule has 0 amide bonds. The van der Waals surface area contributed by atoms with Crippen molar-refractivity contribution in [1.29, 1.82) is 5.26 Å². The van der Waals surface area contributed by atoms with Crippen molar-refractivity contribution in [3.8, 4) is 6.07 Å². The first-order chi connectivity index (χ1) is 9.51. The number of benzene rings is 2. The minimum atomic E-state index is -1.38. The van der Waals surface area contributed by atoms with Crippen molar-refractivity contribution in [3.63, 3.8) is 0 Å². The molecule has 0 aromatic heterocycles. The van der Waals surface area contributed by atoms with Gasteiger partial charge in [0.1, 0.15) is 5.82 Å². The van der Waals surface area contributed by atoms with Crippen molar-refractivity contribution in [1.82, 2.24) is 0 Å². The molecule has 0 aliphatic carbocycles. The highest BCUT2D eigenvalue weighted by Crippen LogP contribution is 2.21. The standard InChI is InChI=1S/C15H13FN2OS/c1-10-2-5-13(18)7-15(10)20(19)9-12-4-3-11(8-17)6-14(12)16/h2-7H,9,18H2,1H3. The molecule has 0 aliphatic heterocycles. The van der Waals surface area contributed by atoms with Crippen LogP contribution in [-0.2, 0) is 16.6 Å². The summed E-state index contributed by atoms with van der Waals surface area (Å²) < 4.78 is 26.1. The Balaban J connectivity index is 2.28. The van der Waals surface area contributed by atoms with E-state index in [9.17, 15) is 8.60 Å². The smallest absolute Gasteiger partial charge is 0.128 e. The summed E-state index contributed by atoms with van der Waals surface area (Å²) >= 11 is 0. The normalized spacial score (nSPS) is 11.8. The molecule has 2 rings (SSSR count). The molecule has 1 unspecified atom stereocenters. The molecule has 0 heterocycles. The molecule has 1 atom stereocenters. The molecule has 20 heavy (non-hydrogen) atoms. The second kappa shape index (κ2) is 5.85. The minimum Gasteiger partial charge on any atom is -0.399 e. The van der Waals surface area contributed by atoms with Crippen molar-refractivity contribution in [2.45, 2.75) is 17.6 Å². The van der Waals surface area contributed by atoms with Gasteiger partial charge in [0, 0.05) is 16.1 Å². The van der Waals surface area contributed by atoms with Gasteiger partial charge >= 0.3 is 0 Å². The third kappa shape index (κ3) is 3.03. The monoisotopic (exact) mass is 288 g/mol. The lowest BCUT2D eigenvalue weighted by Gasteiger charge is -2.08. The van der Waals surface area contributed by atoms with Crippen LogP contribution < -0.4 is 5.73 Å². The maximum Gasteiger partial charge on any atom is 0.128 e. The molecule has 0 bridgehead atoms. The van der Waals surface area contributed by atoms with Crippen LogP contribution in [0.15, 0.2) is 41.3 Å². The Kier molecular flexibility index (Phi) is 4.16. The topological polar surface area (TPSA) is 66.9 Å². The summed E-state index contributed by atoms with van der Waals surface area (Å²) in [4.78, 5) is 0.605. The minimum absolute atomic E-state index is 0.0574. The maximum atomic E-state index is 13.8. The average molecular weight is 288 g/mol. The zero-order valence-corrected chi connectivity index (χ0v) is 11.7. The fourth-order valence-electron chi connectivity index (χ4n) is 1.81. The van der Waals surface area contributed by atoms with E-state index in [-0.39, 0.29) is 11.3 Å². The maximum absolute atomic E-state index is 13.8. The number of halogens is 1. The van der Waals surface area contributed by atoms with E-state index < -0.39 is 16.6 Å². The van der Waals surface area contributed by atoms with Gasteiger partial charge < -0.3 is 5.73 Å². The summed E-state index contributed by atoms with van der Waals surface area (Å²) in [6.07, 6.45) is 0. The molecule has 0 saturated heterocycles. The Bertz CT molecular complexity index is 722. The molecule has 2 aromatic rings. The van der Waals surface area contributed by atoms with E-state index in [1.54, 1.807) is 18.2 Å². The first-order valence-electron chi connectivity index (χ1n) is 5.94. The van der Waals surface area contributed by atoms with E-state index >= 15 is 0 Å². The fraction of sp³-hybridized carbons (Fsp3) is 0.133. The van der Waals surface area contributed by atoms with Gasteiger partial charge in [-0.25, -0.2) is 4.39 Å². The summed E-state index contributed by atoms with van der Waals surface area (Å²) in [5.74, 6) is -0.457. The molecular formula is C15H13FN2OS. The van der Waals surface area contributed by atoms with Crippen LogP contribution in [0.1, 0.15) is 16.7 Å². The van der Waals surface area contributed by atoms with Crippen molar-refractivity contribution < 1.29 is 8.60 Å². The number of nitriles is 1. The number of nitrogens with zero attached hydrogens (tertiary/aromatic N) is 1. The Hall–Kier alpha value is -2.19. The summed E-state index contributed by atoms with van der Waals surface area (Å²) in [5.41, 5.74) is 7.63. The van der Waals surface area contributed by atoms with Crippen LogP contribution >= 0.6 is 0 Å². The SMILES string of the molecule is Cc1ccc(N)cc1S(=O)Cc1ccc(C#N)cc1F. The zero-order chi connectivity index (χ0) is 14.7. The van der Waals surface area contributed by atoms with Crippen LogP contribution in [0, 0.1) is 24.1 Å². The highest BCUT2D eigenvalue weighted by atomic mass is 32.2. The van der Waals surface area contributed by atoms with E-state index in [1.807, 2.05) is 13.0 Å². The van der Waals surface area contributed by atoms with Crippen LogP contribution in [0.2, 0.25) is 0 Å². The van der Waals surface area contributed by atoms with Crippen LogP contribution in [0.25, 0.3) is 0 Å². The lowest BCUT2D eigenvalue weighted by Crippen LogP contribution is -2.02. The van der Waals surface area contributed by atoms with Gasteiger partial charge in [0.2, 0.25) is 0 Å². The van der Waals surface area contributed by atoms with E-state index in [1.165, 1.54) is 12.1 Å². The molecule has 0 spiro atoms. The Morgan fingerprint density at radius 1 is 1.30 bits per heavy atom. The fourth-order valence-corrected chi connectivity index (χ4v) is 3.18. The second-order valence-corrected chi connectivity index (χ2v) is 5.85. The highest BCUT2D eigenvalue weighted by Gasteiger charge is 2.12. The third-order valence-electron chi connectivity index (χ3n) is 2.93. The van der Waals surface area contributed by atoms with Crippen molar-refractivity contribution in [2.75, 3.05) is 5.73 Å². The van der Waals surface area contributed by atoms with E-state index in [4.69, 9.17) is 11.0 Å². The van der Waals surface area contributed by atoms with Gasteiger partial charge in [0.15, 0.2) is 0 Å². The number of nitrogens with two attached hydrogens (primary N) is 1. The Morgan fingerprint density at radius 2 is 2.05 bits per heavy atom. The molecule has 2 N–H and O–H groups in total. The Morgan fingerprint density at radius 3 is 2.70 bits per heavy atom. The number of aryl methyl sites for hydroxylation is 1. The number of hydrogen-bond acceptors (Lipinski definition) is 3. The average Bonchev–Trinajstić information content (AvgIpc) is 2.43. The molecule has 102 valence electrons. The summed E-state index contributed by atoms with van der Waals surface area (Å²) in [6.45, 7) is 1.84. The molecule has 2 aromatic carbocycles. The third-order valence-corrected chi connectivity index (χ3v) is 4.43. The van der Waals surface area contributed by atoms with Gasteiger partial charge in [-0.15, -0.1) is 0 Å². The lowest BCUT2D eigenvalue weighted by molar-refractivity contribution is 0.614. The highest BCUT2D eigenvalue weighted by molar-refractivity contribution is 7.84. The summed E-state index contributed by atoms with van der Waals surface area (Å²) in [7, 11) is -1.38. The number of anilines is 1. The molecule has 3 nitrogen and oxygen atoms in total. The van der Waals surface area contributed by atoms with Crippen LogP contribution in [-0.4, -0.2) is 4.21 Å². The van der Waals surface area contributed by atoms with Gasteiger partial charge in [0.25, 0.3) is 0 Å². The molecule has 0 aliphatic rings. The quantitative estimate of drug-likeness (QED) is 0.883. The number of nitrogen functional groups attached to an aromatic ring is 1. The lowest BCUT2D eigenvalue weighted by atomic mass is 10.1. The molecule has 5 heteroatoms. The predicted octanol–water partition coefficient (Wildman–Crippen LogP) is 2.90. The largest absolute Gasteiger partial charge is 0.399 e. The van der Waals surface area contributed by atoms with E-state index in [0.717, 1.165) is 11.6 Å². The first kappa shape index (κ1) is 14.2. The second-order valence-electron chi connectivity index (χ2n) is 4.43. The van der Waals surface area contributed by atoms with Gasteiger partial charge in [0.05, 0.1) is 28.2 Å². The van der Waals surface area contributed by atoms with Gasteiger partial charge in [-0.2, -0.15) is 5.26 Å². The van der Waals surface area contributed by atoms with Gasteiger partial charge in [-0.05, 0) is 36.8 Å². The Labute approximate surface area is 119 Å². The van der Waals surface area contributed by atoms with Gasteiger partial charge in [-0.3, -0.25) is 4.21 Å². The zero-order valence-electron chi connectivity index (χ0n) is 10.9. The molecule has 0 radical (unpaired) electrons. The number of hydrogen-bond donors (Lipinski definition) is 1. The van der Waals surface area contributed by atoms with E-state index in [2.05, 4.69) is 0 Å². The summed E-state index contributed by atoms with van der Waals surface area (Å²) in [6, 6.07) is 11.2. The molecule has 0 saturated carbocycles. The molecule has 0 fully saturated rings. The van der Waals surface area contributed by atoms with Crippen molar-refractivity contribution in [3.05, 3.63) is 58.9 Å². The van der Waals surface area contributed by atoms with Crippen LogP contribution in [0.4, 0.5) is 10.1 Å². The first-order valence-corrected chi connectivity index (χ1v) is 7.26. The van der Waals surface area contributed by atoms with Crippen LogP contribution in [0.5, 0.6) is 0 Å². The number of rotatable bonds is 3. The van der Waals surface area contributed by atoms with Crippen molar-refractivity contribution in [2.24, 2.45) is 0 Å². The van der Waals surface area contributed by atoms with E-state index in [0.29, 0.717) is 16.1 Å². The van der Waals surface area contributed by atoms with Gasteiger partial charge in [-0.1, -0.05) is 12.1 Å². The predicted molar refractivity (Wildman–Crippen MR) is 76.8 cm³/mol. The summed E-state index contributed by atoms with van der Waals surface area (Å²) in [5, 5.41) is 8.69. The molecular weight excluding hydrogens is 275 g/mol. The van der Waals surface area contributed by atoms with Crippen LogP contribution in [0.3, 0.4) is 0 Å².